The first-order valence-corrected chi connectivity index (χ1v) is 7.95. The Labute approximate surface area is 124 Å². The van der Waals surface area contributed by atoms with Gasteiger partial charge in [0.25, 0.3) is 0 Å². The van der Waals surface area contributed by atoms with Crippen molar-refractivity contribution < 1.29 is 13.2 Å². The highest BCUT2D eigenvalue weighted by atomic mass is 32.2. The molecule has 1 heterocycles. The van der Waals surface area contributed by atoms with E-state index in [-0.39, 0.29) is 17.3 Å². The Bertz CT molecular complexity index is 675. The van der Waals surface area contributed by atoms with Gasteiger partial charge in [0, 0.05) is 18.8 Å². The van der Waals surface area contributed by atoms with E-state index in [1.807, 2.05) is 30.3 Å². The topological polar surface area (TPSA) is 94.3 Å². The van der Waals surface area contributed by atoms with Crippen molar-refractivity contribution in [3.05, 3.63) is 48.7 Å². The lowest BCUT2D eigenvalue weighted by atomic mass is 10.3. The molecular weight excluding hydrogens is 290 g/mol. The Hall–Kier alpha value is -2.12. The number of pyridine rings is 1. The smallest absolute Gasteiger partial charge is 0.240 e. The summed E-state index contributed by atoms with van der Waals surface area (Å²) in [5.74, 6) is 0.938. The molecule has 3 N–H and O–H groups in total. The lowest BCUT2D eigenvalue weighted by Crippen LogP contribution is -2.26. The minimum absolute atomic E-state index is 0.110. The molecule has 2 rings (SSSR count). The number of nitrogens with two attached hydrogens (primary N) is 1. The summed E-state index contributed by atoms with van der Waals surface area (Å²) in [4.78, 5) is 3.87. The van der Waals surface area contributed by atoms with E-state index in [1.165, 1.54) is 18.3 Å². The van der Waals surface area contributed by atoms with Crippen molar-refractivity contribution in [2.45, 2.75) is 11.3 Å². The molecule has 0 spiro atoms. The number of nitrogens with zero attached hydrogens (tertiary/aromatic N) is 1. The van der Waals surface area contributed by atoms with E-state index in [9.17, 15) is 8.42 Å². The van der Waals surface area contributed by atoms with Crippen LogP contribution in [0.3, 0.4) is 0 Å². The number of hydrogen-bond donors (Lipinski definition) is 2. The molecule has 0 atom stereocenters. The molecule has 1 aromatic heterocycles. The van der Waals surface area contributed by atoms with Crippen LogP contribution in [0.25, 0.3) is 0 Å². The van der Waals surface area contributed by atoms with Crippen LogP contribution < -0.4 is 15.2 Å². The molecule has 0 aliphatic heterocycles. The van der Waals surface area contributed by atoms with Gasteiger partial charge in [-0.3, -0.25) is 0 Å². The quantitative estimate of drug-likeness (QED) is 0.754. The van der Waals surface area contributed by atoms with Crippen LogP contribution in [0.1, 0.15) is 6.42 Å². The molecule has 0 amide bonds. The van der Waals surface area contributed by atoms with Crippen LogP contribution in [-0.2, 0) is 10.0 Å². The van der Waals surface area contributed by atoms with E-state index in [4.69, 9.17) is 10.5 Å². The molecule has 0 saturated carbocycles. The Balaban J connectivity index is 1.78. The van der Waals surface area contributed by atoms with Gasteiger partial charge in [-0.05, 0) is 24.6 Å². The molecule has 0 aliphatic carbocycles. The second-order valence-electron chi connectivity index (χ2n) is 4.33. The Kier molecular flexibility index (Phi) is 5.13. The normalized spacial score (nSPS) is 11.2. The fourth-order valence-electron chi connectivity index (χ4n) is 1.66. The number of nitrogens with one attached hydrogen (secondary N) is 1. The summed E-state index contributed by atoms with van der Waals surface area (Å²) in [6.45, 7) is 0.725. The van der Waals surface area contributed by atoms with E-state index >= 15 is 0 Å². The number of anilines is 1. The predicted molar refractivity (Wildman–Crippen MR) is 80.4 cm³/mol. The highest BCUT2D eigenvalue weighted by molar-refractivity contribution is 7.89. The molecule has 0 radical (unpaired) electrons. The van der Waals surface area contributed by atoms with E-state index < -0.39 is 10.0 Å². The van der Waals surface area contributed by atoms with Crippen molar-refractivity contribution in [1.29, 1.82) is 0 Å². The number of nitrogen functional groups attached to an aromatic ring is 1. The highest BCUT2D eigenvalue weighted by Crippen LogP contribution is 2.10. The zero-order valence-electron chi connectivity index (χ0n) is 11.4. The molecular formula is C14H17N3O3S. The standard InChI is InChI=1S/C14H17N3O3S/c15-14-11-13(7-9-16-14)21(18,19)17-8-4-10-20-12-5-2-1-3-6-12/h1-3,5-7,9,11,17H,4,8,10H2,(H2,15,16). The van der Waals surface area contributed by atoms with Gasteiger partial charge >= 0.3 is 0 Å². The van der Waals surface area contributed by atoms with E-state index in [2.05, 4.69) is 9.71 Å². The van der Waals surface area contributed by atoms with E-state index in [0.717, 1.165) is 5.75 Å². The van der Waals surface area contributed by atoms with Gasteiger partial charge in [0.2, 0.25) is 10.0 Å². The molecule has 0 aliphatic rings. The number of benzene rings is 1. The SMILES string of the molecule is Nc1cc(S(=O)(=O)NCCCOc2ccccc2)ccn1. The average Bonchev–Trinajstić information content (AvgIpc) is 2.48. The highest BCUT2D eigenvalue weighted by Gasteiger charge is 2.13. The zero-order valence-corrected chi connectivity index (χ0v) is 12.2. The van der Waals surface area contributed by atoms with Crippen LogP contribution in [0.5, 0.6) is 5.75 Å². The first kappa shape index (κ1) is 15.3. The van der Waals surface area contributed by atoms with Gasteiger partial charge in [-0.25, -0.2) is 18.1 Å². The summed E-state index contributed by atoms with van der Waals surface area (Å²) in [7, 11) is -3.55. The predicted octanol–water partition coefficient (Wildman–Crippen LogP) is 1.41. The lowest BCUT2D eigenvalue weighted by molar-refractivity contribution is 0.311. The molecule has 0 fully saturated rings. The number of rotatable bonds is 7. The van der Waals surface area contributed by atoms with Crippen molar-refractivity contribution in [3.8, 4) is 5.75 Å². The zero-order chi connectivity index (χ0) is 15.1. The van der Waals surface area contributed by atoms with Crippen LogP contribution in [0.15, 0.2) is 53.6 Å². The Morgan fingerprint density at radius 3 is 2.67 bits per heavy atom. The maximum atomic E-state index is 12.0. The van der Waals surface area contributed by atoms with E-state index in [0.29, 0.717) is 13.0 Å². The molecule has 0 unspecified atom stereocenters. The van der Waals surface area contributed by atoms with Crippen LogP contribution >= 0.6 is 0 Å². The summed E-state index contributed by atoms with van der Waals surface area (Å²) >= 11 is 0. The van der Waals surface area contributed by atoms with E-state index in [1.54, 1.807) is 0 Å². The van der Waals surface area contributed by atoms with Crippen LogP contribution in [-0.4, -0.2) is 26.6 Å². The monoisotopic (exact) mass is 307 g/mol. The Morgan fingerprint density at radius 2 is 1.95 bits per heavy atom. The second kappa shape index (κ2) is 7.05. The molecule has 7 heteroatoms. The Morgan fingerprint density at radius 1 is 1.19 bits per heavy atom. The molecule has 2 aromatic rings. The van der Waals surface area contributed by atoms with Crippen molar-refractivity contribution in [3.63, 3.8) is 0 Å². The molecule has 0 bridgehead atoms. The third-order valence-electron chi connectivity index (χ3n) is 2.69. The van der Waals surface area contributed by atoms with Gasteiger partial charge < -0.3 is 10.5 Å². The van der Waals surface area contributed by atoms with Crippen molar-refractivity contribution in [2.24, 2.45) is 0 Å². The summed E-state index contributed by atoms with van der Waals surface area (Å²) < 4.78 is 31.9. The molecule has 6 nitrogen and oxygen atoms in total. The maximum absolute atomic E-state index is 12.0. The maximum Gasteiger partial charge on any atom is 0.240 e. The second-order valence-corrected chi connectivity index (χ2v) is 6.10. The molecule has 112 valence electrons. The largest absolute Gasteiger partial charge is 0.494 e. The number of hydrogen-bond acceptors (Lipinski definition) is 5. The third kappa shape index (κ3) is 4.73. The number of para-hydroxylation sites is 1. The summed E-state index contributed by atoms with van der Waals surface area (Å²) in [5, 5.41) is 0. The van der Waals surface area contributed by atoms with Gasteiger partial charge in [0.15, 0.2) is 0 Å². The third-order valence-corrected chi connectivity index (χ3v) is 4.15. The van der Waals surface area contributed by atoms with Gasteiger partial charge in [0.1, 0.15) is 11.6 Å². The molecule has 1 aromatic carbocycles. The minimum Gasteiger partial charge on any atom is -0.494 e. The summed E-state index contributed by atoms with van der Waals surface area (Å²) in [6, 6.07) is 12.1. The summed E-state index contributed by atoms with van der Waals surface area (Å²) in [5.41, 5.74) is 5.47. The van der Waals surface area contributed by atoms with Crippen LogP contribution in [0, 0.1) is 0 Å². The number of ether oxygens (including phenoxy) is 1. The number of aromatic nitrogens is 1. The van der Waals surface area contributed by atoms with Gasteiger partial charge in [-0.15, -0.1) is 0 Å². The van der Waals surface area contributed by atoms with Gasteiger partial charge in [-0.1, -0.05) is 18.2 Å². The molecule has 0 saturated heterocycles. The van der Waals surface area contributed by atoms with Crippen molar-refractivity contribution >= 4 is 15.8 Å². The first-order valence-electron chi connectivity index (χ1n) is 6.47. The number of sulfonamides is 1. The van der Waals surface area contributed by atoms with Crippen molar-refractivity contribution in [1.82, 2.24) is 9.71 Å². The molecule has 21 heavy (non-hydrogen) atoms. The van der Waals surface area contributed by atoms with Crippen LogP contribution in [0.2, 0.25) is 0 Å². The fraction of sp³-hybridized carbons (Fsp3) is 0.214. The first-order chi connectivity index (χ1) is 10.1. The lowest BCUT2D eigenvalue weighted by Gasteiger charge is -2.08. The van der Waals surface area contributed by atoms with Gasteiger partial charge in [-0.2, -0.15) is 0 Å². The average molecular weight is 307 g/mol. The van der Waals surface area contributed by atoms with Crippen molar-refractivity contribution in [2.75, 3.05) is 18.9 Å². The minimum atomic E-state index is -3.55. The fourth-order valence-corrected chi connectivity index (χ4v) is 2.76. The van der Waals surface area contributed by atoms with Gasteiger partial charge in [0.05, 0.1) is 11.5 Å². The van der Waals surface area contributed by atoms with Crippen LogP contribution in [0.4, 0.5) is 5.82 Å². The summed E-state index contributed by atoms with van der Waals surface area (Å²) in [6.07, 6.45) is 1.93.